The van der Waals surface area contributed by atoms with Gasteiger partial charge in [-0.05, 0) is 12.1 Å². The monoisotopic (exact) mass is 283 g/mol. The number of nitrogens with zero attached hydrogens (tertiary/aromatic N) is 3. The summed E-state index contributed by atoms with van der Waals surface area (Å²) in [6.45, 7) is 0.243. The summed E-state index contributed by atoms with van der Waals surface area (Å²) in [6, 6.07) is 8.57. The van der Waals surface area contributed by atoms with E-state index in [0.717, 1.165) is 0 Å². The average molecular weight is 283 g/mol. The molecule has 2 heterocycles. The van der Waals surface area contributed by atoms with Gasteiger partial charge in [0.15, 0.2) is 11.9 Å². The summed E-state index contributed by atoms with van der Waals surface area (Å²) >= 11 is 0. The molecule has 0 unspecified atom stereocenters. The number of fused-ring (bicyclic) bond motifs is 1. The van der Waals surface area contributed by atoms with E-state index in [4.69, 9.17) is 5.73 Å². The molecule has 2 aliphatic rings. The van der Waals surface area contributed by atoms with Crippen LogP contribution in [0.5, 0.6) is 0 Å². The topological polar surface area (TPSA) is 93.7 Å². The lowest BCUT2D eigenvalue weighted by Crippen LogP contribution is -2.46. The van der Waals surface area contributed by atoms with E-state index in [2.05, 4.69) is 10.3 Å². The van der Waals surface area contributed by atoms with Crippen LogP contribution in [0, 0.1) is 0 Å². The van der Waals surface area contributed by atoms with Crippen LogP contribution in [-0.4, -0.2) is 29.3 Å². The first-order chi connectivity index (χ1) is 10.1. The summed E-state index contributed by atoms with van der Waals surface area (Å²) in [6.07, 6.45) is 4.77. The number of carbonyl (C=O) groups excluding carboxylic acids is 2. The van der Waals surface area contributed by atoms with E-state index in [9.17, 15) is 9.59 Å². The number of nitrogens with two attached hydrogens (primary N) is 1. The highest BCUT2D eigenvalue weighted by Crippen LogP contribution is 2.17. The lowest BCUT2D eigenvalue weighted by Gasteiger charge is -2.17. The number of nitrogens with one attached hydrogen (secondary N) is 1. The highest BCUT2D eigenvalue weighted by atomic mass is 16.2. The van der Waals surface area contributed by atoms with Gasteiger partial charge < -0.3 is 11.1 Å². The van der Waals surface area contributed by atoms with Crippen LogP contribution in [0.25, 0.3) is 0 Å². The minimum Gasteiger partial charge on any atom is -0.351 e. The molecule has 0 saturated heterocycles. The molecule has 0 spiro atoms. The zero-order valence-corrected chi connectivity index (χ0v) is 11.1. The molecule has 7 nitrogen and oxygen atoms in total. The van der Waals surface area contributed by atoms with Gasteiger partial charge in [-0.3, -0.25) is 4.79 Å². The molecule has 7 heteroatoms. The van der Waals surface area contributed by atoms with Crippen molar-refractivity contribution < 1.29 is 9.59 Å². The molecular formula is C14H13N5O2+. The molecule has 21 heavy (non-hydrogen) atoms. The molecule has 0 bridgehead atoms. The third kappa shape index (κ3) is 2.67. The van der Waals surface area contributed by atoms with Crippen LogP contribution in [-0.2, 0) is 4.79 Å². The predicted octanol–water partition coefficient (Wildman–Crippen LogP) is 0.884. The second-order valence-electron chi connectivity index (χ2n) is 4.54. The van der Waals surface area contributed by atoms with Crippen LogP contribution in [0.4, 0.5) is 10.5 Å². The van der Waals surface area contributed by atoms with Crippen LogP contribution < -0.4 is 16.0 Å². The number of carbonyl (C=O) groups is 2. The number of hydrogen-bond acceptors (Lipinski definition) is 4. The molecule has 1 aromatic carbocycles. The van der Waals surface area contributed by atoms with Gasteiger partial charge in [0.2, 0.25) is 6.67 Å². The first-order valence-electron chi connectivity index (χ1n) is 6.31. The number of para-hydroxylation sites is 1. The molecule has 2 aliphatic heterocycles. The molecule has 3 amide bonds. The number of aliphatic imine (C=N–C) groups is 1. The maximum absolute atomic E-state index is 12.1. The molecule has 0 aliphatic carbocycles. The molecule has 3 N–H and O–H groups in total. The Hall–Kier alpha value is -2.93. The van der Waals surface area contributed by atoms with E-state index >= 15 is 0 Å². The minimum atomic E-state index is -0.555. The second-order valence-corrected chi connectivity index (χ2v) is 4.54. The highest BCUT2D eigenvalue weighted by Gasteiger charge is 2.35. The van der Waals surface area contributed by atoms with E-state index in [1.54, 1.807) is 35.5 Å². The van der Waals surface area contributed by atoms with Gasteiger partial charge in [-0.1, -0.05) is 23.1 Å². The Labute approximate surface area is 121 Å². The Morgan fingerprint density at radius 1 is 1.29 bits per heavy atom. The number of benzene rings is 1. The zero-order chi connectivity index (χ0) is 14.8. The fourth-order valence-corrected chi connectivity index (χ4v) is 2.01. The number of anilines is 1. The second kappa shape index (κ2) is 5.22. The van der Waals surface area contributed by atoms with Crippen LogP contribution in [0.1, 0.15) is 0 Å². The van der Waals surface area contributed by atoms with Crippen LogP contribution in [0.15, 0.2) is 59.5 Å². The van der Waals surface area contributed by atoms with Crippen LogP contribution >= 0.6 is 0 Å². The molecule has 0 atom stereocenters. The van der Waals surface area contributed by atoms with Crippen molar-refractivity contribution in [2.75, 3.05) is 12.0 Å². The molecule has 0 saturated carbocycles. The molecule has 1 radical (unpaired) electrons. The fourth-order valence-electron chi connectivity index (χ4n) is 2.01. The number of rotatable bonds is 2. The number of urea groups is 1. The summed E-state index contributed by atoms with van der Waals surface area (Å²) in [5, 5.41) is 2.76. The van der Waals surface area contributed by atoms with Gasteiger partial charge in [0.25, 0.3) is 11.7 Å². The SMILES string of the molecule is NC(=O)N1C=CC2=NC(C(=O)Nc3ccccc3)=C[N+]2C1. The Bertz CT molecular complexity index is 678. The van der Waals surface area contributed by atoms with Crippen molar-refractivity contribution in [2.45, 2.75) is 0 Å². The highest BCUT2D eigenvalue weighted by molar-refractivity contribution is 6.10. The van der Waals surface area contributed by atoms with Gasteiger partial charge in [-0.15, -0.1) is 0 Å². The van der Waals surface area contributed by atoms with Gasteiger partial charge in [0, 0.05) is 18.0 Å². The van der Waals surface area contributed by atoms with E-state index < -0.39 is 6.03 Å². The van der Waals surface area contributed by atoms with Gasteiger partial charge >= 0.3 is 6.03 Å². The van der Waals surface area contributed by atoms with Gasteiger partial charge in [0.05, 0.1) is 0 Å². The molecule has 0 aromatic heterocycles. The summed E-state index contributed by atoms with van der Waals surface area (Å²) < 4.78 is 0. The lowest BCUT2D eigenvalue weighted by molar-refractivity contribution is -0.112. The quantitative estimate of drug-likeness (QED) is 0.788. The van der Waals surface area contributed by atoms with E-state index in [-0.39, 0.29) is 18.3 Å². The first kappa shape index (κ1) is 13.1. The van der Waals surface area contributed by atoms with Crippen LogP contribution in [0.2, 0.25) is 0 Å². The first-order valence-corrected chi connectivity index (χ1v) is 6.31. The normalized spacial score (nSPS) is 17.0. The third-order valence-electron chi connectivity index (χ3n) is 3.06. The van der Waals surface area contributed by atoms with Crippen molar-refractivity contribution in [1.82, 2.24) is 9.80 Å². The molecular weight excluding hydrogens is 270 g/mol. The smallest absolute Gasteiger partial charge is 0.323 e. The number of primary amides is 1. The fraction of sp³-hybridized carbons (Fsp3) is 0.0714. The Morgan fingerprint density at radius 3 is 2.76 bits per heavy atom. The van der Waals surface area contributed by atoms with Crippen molar-refractivity contribution in [3.05, 3.63) is 54.5 Å². The molecule has 3 rings (SSSR count). The summed E-state index contributed by atoms with van der Waals surface area (Å²) in [5.74, 6) is 0.299. The van der Waals surface area contributed by atoms with Gasteiger partial charge in [-0.25, -0.2) is 9.69 Å². The third-order valence-corrected chi connectivity index (χ3v) is 3.06. The summed E-state index contributed by atoms with van der Waals surface area (Å²) in [7, 11) is 0. The zero-order valence-electron chi connectivity index (χ0n) is 11.1. The van der Waals surface area contributed by atoms with Gasteiger partial charge in [-0.2, -0.15) is 4.99 Å². The van der Waals surface area contributed by atoms with E-state index in [1.807, 2.05) is 18.2 Å². The van der Waals surface area contributed by atoms with Crippen molar-refractivity contribution >= 4 is 23.5 Å². The number of amidine groups is 1. The Kier molecular flexibility index (Phi) is 3.25. The van der Waals surface area contributed by atoms with E-state index in [0.29, 0.717) is 11.5 Å². The minimum absolute atomic E-state index is 0.243. The molecule has 1 aromatic rings. The maximum Gasteiger partial charge on any atom is 0.323 e. The Balaban J connectivity index is 1.73. The average Bonchev–Trinajstić information content (AvgIpc) is 2.91. The van der Waals surface area contributed by atoms with Gasteiger partial charge in [0.1, 0.15) is 0 Å². The number of hydrogen-bond donors (Lipinski definition) is 2. The number of amides is 3. The Morgan fingerprint density at radius 2 is 2.05 bits per heavy atom. The molecule has 0 fully saturated rings. The van der Waals surface area contributed by atoms with E-state index in [1.165, 1.54) is 4.90 Å². The summed E-state index contributed by atoms with van der Waals surface area (Å²) in [5.41, 5.74) is 6.20. The maximum atomic E-state index is 12.1. The van der Waals surface area contributed by atoms with Crippen molar-refractivity contribution in [3.8, 4) is 0 Å². The van der Waals surface area contributed by atoms with Crippen molar-refractivity contribution in [2.24, 2.45) is 10.7 Å². The lowest BCUT2D eigenvalue weighted by atomic mass is 10.3. The standard InChI is InChI=1S/C14H13N5O2/c15-14(21)18-7-6-12-17-11(8-19(12)9-18)13(20)16-10-4-2-1-3-5-10/h1-8H,9H2,(H2,15,21)(H,16,20)/q+1. The van der Waals surface area contributed by atoms with Crippen molar-refractivity contribution in [3.63, 3.8) is 0 Å². The summed E-state index contributed by atoms with van der Waals surface area (Å²) in [4.78, 5) is 30.5. The molecule has 105 valence electrons. The largest absolute Gasteiger partial charge is 0.351 e. The van der Waals surface area contributed by atoms with Crippen molar-refractivity contribution in [1.29, 1.82) is 0 Å². The predicted molar refractivity (Wildman–Crippen MR) is 78.2 cm³/mol. The van der Waals surface area contributed by atoms with Crippen LogP contribution in [0.3, 0.4) is 0 Å².